The van der Waals surface area contributed by atoms with Crippen LogP contribution >= 0.6 is 0 Å². The zero-order valence-electron chi connectivity index (χ0n) is 12.9. The summed E-state index contributed by atoms with van der Waals surface area (Å²) in [6.07, 6.45) is 4.93. The topological polar surface area (TPSA) is 64.2 Å². The second-order valence-corrected chi connectivity index (χ2v) is 4.97. The molecule has 2 heterocycles. The lowest BCUT2D eigenvalue weighted by molar-refractivity contribution is 0.355. The summed E-state index contributed by atoms with van der Waals surface area (Å²) in [6, 6.07) is 7.37. The Morgan fingerprint density at radius 1 is 1.17 bits per heavy atom. The first-order valence-corrected chi connectivity index (χ1v) is 7.03. The number of H-pyrrole nitrogens is 1. The summed E-state index contributed by atoms with van der Waals surface area (Å²) >= 11 is 0. The Balaban J connectivity index is 2.29. The van der Waals surface area contributed by atoms with Crippen LogP contribution in [-0.4, -0.2) is 24.2 Å². The van der Waals surface area contributed by atoms with Crippen molar-refractivity contribution in [3.8, 4) is 22.8 Å². The van der Waals surface area contributed by atoms with Gasteiger partial charge in [0.25, 0.3) is 5.56 Å². The van der Waals surface area contributed by atoms with Crippen LogP contribution in [0.1, 0.15) is 5.56 Å². The van der Waals surface area contributed by atoms with Gasteiger partial charge >= 0.3 is 0 Å². The maximum absolute atomic E-state index is 12.3. The third kappa shape index (κ3) is 2.57. The molecular weight excluding hydrogens is 292 g/mol. The van der Waals surface area contributed by atoms with Gasteiger partial charge in [-0.05, 0) is 35.2 Å². The number of benzene rings is 1. The molecule has 0 radical (unpaired) electrons. The molecule has 0 bridgehead atoms. The van der Waals surface area contributed by atoms with Crippen molar-refractivity contribution in [3.05, 3.63) is 59.2 Å². The summed E-state index contributed by atoms with van der Waals surface area (Å²) < 4.78 is 10.7. The van der Waals surface area contributed by atoms with Crippen molar-refractivity contribution in [2.75, 3.05) is 14.2 Å². The molecule has 0 saturated heterocycles. The van der Waals surface area contributed by atoms with Gasteiger partial charge in [0.1, 0.15) is 0 Å². The Kier molecular flexibility index (Phi) is 3.85. The van der Waals surface area contributed by atoms with Gasteiger partial charge < -0.3 is 14.5 Å². The van der Waals surface area contributed by atoms with Crippen molar-refractivity contribution in [1.29, 1.82) is 0 Å². The van der Waals surface area contributed by atoms with Crippen LogP contribution in [0.2, 0.25) is 0 Å². The Morgan fingerprint density at radius 2 is 1.91 bits per heavy atom. The van der Waals surface area contributed by atoms with Gasteiger partial charge in [-0.25, -0.2) is 0 Å². The van der Waals surface area contributed by atoms with E-state index < -0.39 is 0 Å². The molecule has 0 saturated carbocycles. The Hall–Kier alpha value is -3.08. The molecule has 1 N–H and O–H groups in total. The molecule has 5 heteroatoms. The van der Waals surface area contributed by atoms with Crippen LogP contribution in [0.3, 0.4) is 0 Å². The fourth-order valence-corrected chi connectivity index (χ4v) is 2.54. The van der Waals surface area contributed by atoms with Crippen LogP contribution < -0.4 is 15.0 Å². The monoisotopic (exact) mass is 308 g/mol. The highest BCUT2D eigenvalue weighted by molar-refractivity contribution is 5.86. The summed E-state index contributed by atoms with van der Waals surface area (Å²) in [5.74, 6) is 1.20. The molecule has 116 valence electrons. The van der Waals surface area contributed by atoms with Crippen LogP contribution in [0.4, 0.5) is 0 Å². The molecule has 0 unspecified atom stereocenters. The van der Waals surface area contributed by atoms with Gasteiger partial charge in [-0.15, -0.1) is 0 Å². The second-order valence-electron chi connectivity index (χ2n) is 4.97. The molecule has 2 aromatic heterocycles. The van der Waals surface area contributed by atoms with Crippen LogP contribution in [0.25, 0.3) is 28.1 Å². The van der Waals surface area contributed by atoms with Gasteiger partial charge in [-0.2, -0.15) is 0 Å². The predicted octanol–water partition coefficient (Wildman–Crippen LogP) is 3.25. The van der Waals surface area contributed by atoms with E-state index >= 15 is 0 Å². The smallest absolute Gasteiger partial charge is 0.257 e. The summed E-state index contributed by atoms with van der Waals surface area (Å²) in [4.78, 5) is 19.2. The molecule has 0 fully saturated rings. The molecule has 5 nitrogen and oxygen atoms in total. The Labute approximate surface area is 133 Å². The second kappa shape index (κ2) is 5.96. The Morgan fingerprint density at radius 3 is 2.61 bits per heavy atom. The fourth-order valence-electron chi connectivity index (χ4n) is 2.54. The van der Waals surface area contributed by atoms with Crippen LogP contribution in [-0.2, 0) is 0 Å². The van der Waals surface area contributed by atoms with E-state index in [-0.39, 0.29) is 5.56 Å². The normalized spacial score (nSPS) is 10.5. The number of ether oxygens (including phenoxy) is 2. The summed E-state index contributed by atoms with van der Waals surface area (Å²) in [6.45, 7) is 3.83. The zero-order chi connectivity index (χ0) is 16.4. The fraction of sp³-hybridized carbons (Fsp3) is 0.111. The number of pyridine rings is 2. The van der Waals surface area contributed by atoms with Gasteiger partial charge in [0.15, 0.2) is 11.5 Å². The lowest BCUT2D eigenvalue weighted by atomic mass is 10.0. The van der Waals surface area contributed by atoms with E-state index in [4.69, 9.17) is 9.47 Å². The first-order valence-electron chi connectivity index (χ1n) is 7.03. The average Bonchev–Trinajstić information content (AvgIpc) is 2.60. The highest BCUT2D eigenvalue weighted by atomic mass is 16.5. The lowest BCUT2D eigenvalue weighted by Gasteiger charge is -2.13. The number of nitrogens with zero attached hydrogens (tertiary/aromatic N) is 1. The third-order valence-corrected chi connectivity index (χ3v) is 3.71. The zero-order valence-corrected chi connectivity index (χ0v) is 12.9. The summed E-state index contributed by atoms with van der Waals surface area (Å²) in [5, 5.41) is 1.38. The first-order chi connectivity index (χ1) is 11.2. The summed E-state index contributed by atoms with van der Waals surface area (Å²) in [5.41, 5.74) is 2.15. The van der Waals surface area contributed by atoms with E-state index in [1.54, 1.807) is 32.7 Å². The molecule has 3 rings (SSSR count). The number of methoxy groups -OCH3 is 2. The van der Waals surface area contributed by atoms with Crippen molar-refractivity contribution in [3.63, 3.8) is 0 Å². The number of aromatic amines is 1. The lowest BCUT2D eigenvalue weighted by Crippen LogP contribution is -2.08. The average molecular weight is 308 g/mol. The standard InChI is InChI=1S/C18H16N2O3/c1-4-11-8-16(22-2)17(23-3)9-13(11)15-7-12-5-6-19-10-14(12)18(21)20-15/h4-10H,1H2,2-3H3,(H,20,21). The van der Waals surface area contributed by atoms with Gasteiger partial charge in [0.2, 0.25) is 0 Å². The Bertz CT molecular complexity index is 945. The van der Waals surface area contributed by atoms with E-state index in [2.05, 4.69) is 16.5 Å². The van der Waals surface area contributed by atoms with Crippen molar-refractivity contribution in [2.45, 2.75) is 0 Å². The molecule has 1 aromatic carbocycles. The number of rotatable bonds is 4. The van der Waals surface area contributed by atoms with Gasteiger partial charge in [0.05, 0.1) is 19.6 Å². The van der Waals surface area contributed by atoms with Gasteiger partial charge in [0, 0.05) is 23.7 Å². The molecule has 0 aliphatic rings. The molecule has 0 aliphatic carbocycles. The molecular formula is C18H16N2O3. The molecule has 23 heavy (non-hydrogen) atoms. The number of nitrogens with one attached hydrogen (secondary N) is 1. The number of fused-ring (bicyclic) bond motifs is 1. The number of hydrogen-bond donors (Lipinski definition) is 1. The van der Waals surface area contributed by atoms with E-state index in [9.17, 15) is 4.79 Å². The minimum Gasteiger partial charge on any atom is -0.493 e. The predicted molar refractivity (Wildman–Crippen MR) is 91.0 cm³/mol. The highest BCUT2D eigenvalue weighted by Gasteiger charge is 2.13. The van der Waals surface area contributed by atoms with E-state index in [1.807, 2.05) is 24.3 Å². The van der Waals surface area contributed by atoms with Crippen molar-refractivity contribution in [1.82, 2.24) is 9.97 Å². The van der Waals surface area contributed by atoms with Gasteiger partial charge in [-0.3, -0.25) is 9.78 Å². The third-order valence-electron chi connectivity index (χ3n) is 3.71. The van der Waals surface area contributed by atoms with Crippen LogP contribution in [0, 0.1) is 0 Å². The quantitative estimate of drug-likeness (QED) is 0.803. The number of aromatic nitrogens is 2. The summed E-state index contributed by atoms with van der Waals surface area (Å²) in [7, 11) is 3.15. The maximum Gasteiger partial charge on any atom is 0.257 e. The van der Waals surface area contributed by atoms with E-state index in [0.717, 1.165) is 16.5 Å². The first kappa shape index (κ1) is 14.8. The number of hydrogen-bond acceptors (Lipinski definition) is 4. The van der Waals surface area contributed by atoms with Crippen LogP contribution in [0.15, 0.2) is 48.0 Å². The minimum atomic E-state index is -0.185. The van der Waals surface area contributed by atoms with Crippen molar-refractivity contribution < 1.29 is 9.47 Å². The van der Waals surface area contributed by atoms with E-state index in [0.29, 0.717) is 22.6 Å². The highest BCUT2D eigenvalue weighted by Crippen LogP contribution is 2.35. The largest absolute Gasteiger partial charge is 0.493 e. The van der Waals surface area contributed by atoms with Crippen LogP contribution in [0.5, 0.6) is 11.5 Å². The molecule has 0 atom stereocenters. The van der Waals surface area contributed by atoms with Gasteiger partial charge in [-0.1, -0.05) is 12.7 Å². The van der Waals surface area contributed by atoms with Crippen molar-refractivity contribution >= 4 is 16.8 Å². The maximum atomic E-state index is 12.3. The molecule has 0 spiro atoms. The SMILES string of the molecule is C=Cc1cc(OC)c(OC)cc1-c1cc2ccncc2c(=O)[nH]1. The molecule has 0 aliphatic heterocycles. The molecule has 3 aromatic rings. The minimum absolute atomic E-state index is 0.185. The van der Waals surface area contributed by atoms with Crippen molar-refractivity contribution in [2.24, 2.45) is 0 Å². The molecule has 0 amide bonds. The van der Waals surface area contributed by atoms with E-state index in [1.165, 1.54) is 0 Å².